The summed E-state index contributed by atoms with van der Waals surface area (Å²) in [6.07, 6.45) is 0. The monoisotopic (exact) mass is 238 g/mol. The van der Waals surface area contributed by atoms with Crippen LogP contribution in [0, 0.1) is 0 Å². The minimum atomic E-state index is 0.514. The average molecular weight is 238 g/mol. The van der Waals surface area contributed by atoms with Crippen molar-refractivity contribution < 1.29 is 0 Å². The third-order valence-electron chi connectivity index (χ3n) is 3.47. The highest BCUT2D eigenvalue weighted by Gasteiger charge is 2.27. The van der Waals surface area contributed by atoms with E-state index < -0.39 is 0 Å². The molecule has 18 heavy (non-hydrogen) atoms. The Morgan fingerprint density at radius 2 is 1.44 bits per heavy atom. The molecule has 0 N–H and O–H groups in total. The van der Waals surface area contributed by atoms with Gasteiger partial charge in [-0.2, -0.15) is 0 Å². The molecule has 1 heterocycles. The maximum Gasteiger partial charge on any atom is 0.0955 e. The maximum absolute atomic E-state index is 2.43. The van der Waals surface area contributed by atoms with Gasteiger partial charge in [-0.05, 0) is 38.1 Å². The molecule has 0 bridgehead atoms. The van der Waals surface area contributed by atoms with Gasteiger partial charge in [0.1, 0.15) is 0 Å². The van der Waals surface area contributed by atoms with Gasteiger partial charge in [-0.3, -0.25) is 0 Å². The van der Waals surface area contributed by atoms with E-state index >= 15 is 0 Å². The largest absolute Gasteiger partial charge is 0.349 e. The Kier molecular flexibility index (Phi) is 2.71. The molecule has 0 saturated carbocycles. The van der Waals surface area contributed by atoms with Gasteiger partial charge in [0.2, 0.25) is 0 Å². The molecule has 0 spiro atoms. The zero-order valence-electron chi connectivity index (χ0n) is 10.9. The Hall–Kier alpha value is -1.96. The highest BCUT2D eigenvalue weighted by atomic mass is 15.4. The number of nitrogens with zero attached hydrogens (tertiary/aromatic N) is 2. The zero-order valence-corrected chi connectivity index (χ0v) is 10.9. The molecule has 92 valence electrons. The minimum Gasteiger partial charge on any atom is -0.349 e. The third-order valence-corrected chi connectivity index (χ3v) is 3.47. The van der Waals surface area contributed by atoms with Crippen molar-refractivity contribution in [2.24, 2.45) is 0 Å². The van der Waals surface area contributed by atoms with E-state index in [1.54, 1.807) is 0 Å². The van der Waals surface area contributed by atoms with Gasteiger partial charge < -0.3 is 9.80 Å². The first kappa shape index (κ1) is 11.1. The maximum atomic E-state index is 2.43. The van der Waals surface area contributed by atoms with Crippen molar-refractivity contribution in [1.29, 1.82) is 0 Å². The predicted octanol–water partition coefficient (Wildman–Crippen LogP) is 4.01. The molecule has 0 saturated heterocycles. The summed E-state index contributed by atoms with van der Waals surface area (Å²) in [4.78, 5) is 4.80. The van der Waals surface area contributed by atoms with Gasteiger partial charge in [-0.25, -0.2) is 0 Å². The van der Waals surface area contributed by atoms with Crippen molar-refractivity contribution in [3.8, 4) is 0 Å². The lowest BCUT2D eigenvalue weighted by atomic mass is 10.2. The lowest BCUT2D eigenvalue weighted by molar-refractivity contribution is 0.709. The Morgan fingerprint density at radius 3 is 2.11 bits per heavy atom. The van der Waals surface area contributed by atoms with Gasteiger partial charge in [0.15, 0.2) is 0 Å². The van der Waals surface area contributed by atoms with Crippen molar-refractivity contribution in [2.45, 2.75) is 19.9 Å². The minimum absolute atomic E-state index is 0.514. The number of hydrogen-bond donors (Lipinski definition) is 0. The molecule has 0 atom stereocenters. The number of para-hydroxylation sites is 3. The van der Waals surface area contributed by atoms with Crippen LogP contribution in [0.15, 0.2) is 54.6 Å². The Bertz CT molecular complexity index is 534. The average Bonchev–Trinajstić information content (AvgIpc) is 2.79. The van der Waals surface area contributed by atoms with Gasteiger partial charge in [-0.1, -0.05) is 30.3 Å². The topological polar surface area (TPSA) is 6.48 Å². The summed E-state index contributed by atoms with van der Waals surface area (Å²) in [5.74, 6) is 0. The molecule has 2 aromatic rings. The molecule has 1 aliphatic heterocycles. The highest BCUT2D eigenvalue weighted by Crippen LogP contribution is 2.40. The number of benzene rings is 2. The molecule has 3 rings (SSSR count). The lowest BCUT2D eigenvalue weighted by Crippen LogP contribution is -2.33. The van der Waals surface area contributed by atoms with E-state index in [1.807, 2.05) is 0 Å². The number of hydrogen-bond acceptors (Lipinski definition) is 2. The molecule has 2 nitrogen and oxygen atoms in total. The second kappa shape index (κ2) is 4.37. The summed E-state index contributed by atoms with van der Waals surface area (Å²) < 4.78 is 0. The fourth-order valence-electron chi connectivity index (χ4n) is 2.51. The highest BCUT2D eigenvalue weighted by molar-refractivity contribution is 5.82. The van der Waals surface area contributed by atoms with Crippen molar-refractivity contribution in [3.63, 3.8) is 0 Å². The Balaban J connectivity index is 2.05. The van der Waals surface area contributed by atoms with Crippen LogP contribution in [0.3, 0.4) is 0 Å². The molecule has 1 aliphatic rings. The van der Waals surface area contributed by atoms with Crippen molar-refractivity contribution in [2.75, 3.05) is 16.5 Å². The zero-order chi connectivity index (χ0) is 12.5. The Labute approximate surface area is 108 Å². The van der Waals surface area contributed by atoms with Crippen LogP contribution in [0.25, 0.3) is 0 Å². The molecule has 2 heteroatoms. The van der Waals surface area contributed by atoms with Crippen LogP contribution in [-0.4, -0.2) is 12.7 Å². The van der Waals surface area contributed by atoms with Gasteiger partial charge in [0.05, 0.1) is 18.0 Å². The Morgan fingerprint density at radius 1 is 0.833 bits per heavy atom. The van der Waals surface area contributed by atoms with Crippen LogP contribution in [0.1, 0.15) is 13.8 Å². The fourth-order valence-corrected chi connectivity index (χ4v) is 2.51. The summed E-state index contributed by atoms with van der Waals surface area (Å²) in [6.45, 7) is 5.41. The molecule has 0 amide bonds. The van der Waals surface area contributed by atoms with Crippen LogP contribution in [0.2, 0.25) is 0 Å². The van der Waals surface area contributed by atoms with E-state index in [4.69, 9.17) is 0 Å². The molecular weight excluding hydrogens is 220 g/mol. The van der Waals surface area contributed by atoms with Crippen LogP contribution in [-0.2, 0) is 0 Å². The van der Waals surface area contributed by atoms with Crippen LogP contribution in [0.5, 0.6) is 0 Å². The van der Waals surface area contributed by atoms with E-state index in [0.29, 0.717) is 6.04 Å². The van der Waals surface area contributed by atoms with Crippen molar-refractivity contribution >= 4 is 17.1 Å². The fraction of sp³-hybridized carbons (Fsp3) is 0.250. The summed E-state index contributed by atoms with van der Waals surface area (Å²) >= 11 is 0. The van der Waals surface area contributed by atoms with Gasteiger partial charge in [0.25, 0.3) is 0 Å². The summed E-state index contributed by atoms with van der Waals surface area (Å²) in [5.41, 5.74) is 3.89. The molecule has 0 radical (unpaired) electrons. The van der Waals surface area contributed by atoms with Crippen molar-refractivity contribution in [3.05, 3.63) is 54.6 Å². The second-order valence-corrected chi connectivity index (χ2v) is 4.96. The van der Waals surface area contributed by atoms with Crippen LogP contribution < -0.4 is 9.80 Å². The first-order chi connectivity index (χ1) is 8.77. The summed E-state index contributed by atoms with van der Waals surface area (Å²) in [6, 6.07) is 19.7. The second-order valence-electron chi connectivity index (χ2n) is 4.96. The summed E-state index contributed by atoms with van der Waals surface area (Å²) in [7, 11) is 0. The van der Waals surface area contributed by atoms with E-state index in [2.05, 4.69) is 78.2 Å². The van der Waals surface area contributed by atoms with Crippen LogP contribution in [0.4, 0.5) is 17.1 Å². The quantitative estimate of drug-likeness (QED) is 0.780. The number of fused-ring (bicyclic) bond motifs is 1. The first-order valence-electron chi connectivity index (χ1n) is 6.45. The third kappa shape index (κ3) is 1.74. The first-order valence-corrected chi connectivity index (χ1v) is 6.45. The standard InChI is InChI=1S/C16H18N2/c1-13(2)17-12-18(14-8-4-3-5-9-14)16-11-7-6-10-15(16)17/h3-11,13H,12H2,1-2H3. The van der Waals surface area contributed by atoms with E-state index in [0.717, 1.165) is 6.67 Å². The molecular formula is C16H18N2. The van der Waals surface area contributed by atoms with Crippen LogP contribution >= 0.6 is 0 Å². The lowest BCUT2D eigenvalue weighted by Gasteiger charge is -2.25. The van der Waals surface area contributed by atoms with Gasteiger partial charge >= 0.3 is 0 Å². The summed E-state index contributed by atoms with van der Waals surface area (Å²) in [5, 5.41) is 0. The van der Waals surface area contributed by atoms with Crippen molar-refractivity contribution in [1.82, 2.24) is 0 Å². The molecule has 0 fully saturated rings. The van der Waals surface area contributed by atoms with E-state index in [-0.39, 0.29) is 0 Å². The SMILES string of the molecule is CC(C)N1CN(c2ccccc2)c2ccccc21. The predicted molar refractivity (Wildman–Crippen MR) is 77.5 cm³/mol. The normalized spacial score (nSPS) is 14.2. The molecule has 0 aliphatic carbocycles. The van der Waals surface area contributed by atoms with Gasteiger partial charge in [-0.15, -0.1) is 0 Å². The molecule has 0 unspecified atom stereocenters. The number of rotatable bonds is 2. The van der Waals surface area contributed by atoms with E-state index in [1.165, 1.54) is 17.1 Å². The number of anilines is 3. The molecule has 2 aromatic carbocycles. The smallest absolute Gasteiger partial charge is 0.0955 e. The van der Waals surface area contributed by atoms with E-state index in [9.17, 15) is 0 Å². The molecule has 0 aromatic heterocycles. The van der Waals surface area contributed by atoms with Gasteiger partial charge in [0, 0.05) is 11.7 Å².